The molecule has 1 aromatic rings. The molecular formula is C15H22N2O4S. The maximum absolute atomic E-state index is 12.4. The molecule has 7 heteroatoms. The molecule has 1 aromatic carbocycles. The minimum atomic E-state index is -3.52. The number of nitrogens with one attached hydrogen (secondary N) is 2. The Bertz CT molecular complexity index is 610. The zero-order valence-electron chi connectivity index (χ0n) is 12.5. The van der Waals surface area contributed by atoms with Crippen LogP contribution in [0.25, 0.3) is 0 Å². The number of hydrogen-bond acceptors (Lipinski definition) is 5. The fourth-order valence-corrected chi connectivity index (χ4v) is 3.81. The fourth-order valence-electron chi connectivity index (χ4n) is 2.69. The van der Waals surface area contributed by atoms with Gasteiger partial charge in [-0.15, -0.1) is 0 Å². The summed E-state index contributed by atoms with van der Waals surface area (Å²) in [6.07, 6.45) is 2.60. The fraction of sp³-hybridized carbons (Fsp3) is 0.600. The van der Waals surface area contributed by atoms with Gasteiger partial charge in [-0.25, -0.2) is 13.1 Å². The Labute approximate surface area is 131 Å². The van der Waals surface area contributed by atoms with Crippen LogP contribution in [0.1, 0.15) is 18.4 Å². The van der Waals surface area contributed by atoms with Crippen LogP contribution in [0.2, 0.25) is 0 Å². The van der Waals surface area contributed by atoms with Gasteiger partial charge in [-0.05, 0) is 49.6 Å². The molecule has 0 bridgehead atoms. The minimum absolute atomic E-state index is 0.127. The average molecular weight is 326 g/mol. The van der Waals surface area contributed by atoms with Gasteiger partial charge >= 0.3 is 0 Å². The third-order valence-electron chi connectivity index (χ3n) is 3.91. The molecule has 1 atom stereocenters. The summed E-state index contributed by atoms with van der Waals surface area (Å²) >= 11 is 0. The van der Waals surface area contributed by atoms with Crippen LogP contribution >= 0.6 is 0 Å². The van der Waals surface area contributed by atoms with Crippen LogP contribution < -0.4 is 14.8 Å². The monoisotopic (exact) mass is 326 g/mol. The van der Waals surface area contributed by atoms with Crippen LogP contribution in [-0.2, 0) is 21.2 Å². The number of aryl methyl sites for hydroxylation is 1. The van der Waals surface area contributed by atoms with Crippen molar-refractivity contribution in [2.75, 3.05) is 32.8 Å². The standard InChI is InChI=1S/C15H22N2O4S/c18-22(19,17-11-13-10-16-6-2-8-20-13)14-4-5-15-12(9-14)3-1-7-21-15/h4-5,9,13,16-17H,1-3,6-8,10-11H2. The van der Waals surface area contributed by atoms with E-state index in [0.717, 1.165) is 37.1 Å². The van der Waals surface area contributed by atoms with Crippen molar-refractivity contribution in [1.29, 1.82) is 0 Å². The third kappa shape index (κ3) is 3.78. The van der Waals surface area contributed by atoms with Crippen LogP contribution in [0, 0.1) is 0 Å². The van der Waals surface area contributed by atoms with Gasteiger partial charge in [-0.3, -0.25) is 0 Å². The van der Waals surface area contributed by atoms with Crippen molar-refractivity contribution in [3.8, 4) is 5.75 Å². The highest BCUT2D eigenvalue weighted by Gasteiger charge is 2.20. The Morgan fingerprint density at radius 2 is 2.18 bits per heavy atom. The highest BCUT2D eigenvalue weighted by molar-refractivity contribution is 7.89. The lowest BCUT2D eigenvalue weighted by Crippen LogP contribution is -2.38. The second-order valence-electron chi connectivity index (χ2n) is 5.62. The number of rotatable bonds is 4. The molecule has 2 aliphatic heterocycles. The highest BCUT2D eigenvalue weighted by Crippen LogP contribution is 2.27. The minimum Gasteiger partial charge on any atom is -0.493 e. The number of fused-ring (bicyclic) bond motifs is 1. The first kappa shape index (κ1) is 15.7. The van der Waals surface area contributed by atoms with Gasteiger partial charge in [-0.1, -0.05) is 0 Å². The average Bonchev–Trinajstić information content (AvgIpc) is 2.81. The van der Waals surface area contributed by atoms with Gasteiger partial charge in [-0.2, -0.15) is 0 Å². The molecule has 0 saturated carbocycles. The smallest absolute Gasteiger partial charge is 0.240 e. The van der Waals surface area contributed by atoms with Crippen LogP contribution in [0.3, 0.4) is 0 Å². The van der Waals surface area contributed by atoms with E-state index in [-0.39, 0.29) is 12.6 Å². The first-order chi connectivity index (χ1) is 10.6. The van der Waals surface area contributed by atoms with Gasteiger partial charge in [0.15, 0.2) is 0 Å². The molecule has 0 aliphatic carbocycles. The van der Waals surface area contributed by atoms with E-state index in [4.69, 9.17) is 9.47 Å². The summed E-state index contributed by atoms with van der Waals surface area (Å²) in [6.45, 7) is 3.22. The zero-order valence-corrected chi connectivity index (χ0v) is 13.3. The van der Waals surface area contributed by atoms with Crippen molar-refractivity contribution in [3.63, 3.8) is 0 Å². The second kappa shape index (κ2) is 6.95. The number of sulfonamides is 1. The maximum atomic E-state index is 12.4. The number of ether oxygens (including phenoxy) is 2. The summed E-state index contributed by atoms with van der Waals surface area (Å²) in [5.74, 6) is 0.793. The molecule has 0 amide bonds. The van der Waals surface area contributed by atoms with Crippen molar-refractivity contribution in [2.24, 2.45) is 0 Å². The molecule has 2 heterocycles. The summed E-state index contributed by atoms with van der Waals surface area (Å²) in [5, 5.41) is 3.24. The molecular weight excluding hydrogens is 304 g/mol. The van der Waals surface area contributed by atoms with Gasteiger partial charge < -0.3 is 14.8 Å². The van der Waals surface area contributed by atoms with E-state index in [9.17, 15) is 8.42 Å². The van der Waals surface area contributed by atoms with Crippen molar-refractivity contribution in [3.05, 3.63) is 23.8 Å². The predicted molar refractivity (Wildman–Crippen MR) is 82.7 cm³/mol. The molecule has 22 heavy (non-hydrogen) atoms. The lowest BCUT2D eigenvalue weighted by Gasteiger charge is -2.19. The van der Waals surface area contributed by atoms with E-state index in [1.165, 1.54) is 0 Å². The van der Waals surface area contributed by atoms with E-state index >= 15 is 0 Å². The number of benzene rings is 1. The summed E-state index contributed by atoms with van der Waals surface area (Å²) < 4.78 is 38.6. The number of hydrogen-bond donors (Lipinski definition) is 2. The zero-order chi connectivity index (χ0) is 15.4. The molecule has 122 valence electrons. The Balaban J connectivity index is 1.67. The van der Waals surface area contributed by atoms with Crippen molar-refractivity contribution < 1.29 is 17.9 Å². The molecule has 1 unspecified atom stereocenters. The largest absolute Gasteiger partial charge is 0.493 e. The van der Waals surface area contributed by atoms with Crippen LogP contribution in [0.5, 0.6) is 5.75 Å². The first-order valence-corrected chi connectivity index (χ1v) is 9.21. The predicted octanol–water partition coefficient (Wildman–Crippen LogP) is 0.668. The van der Waals surface area contributed by atoms with Crippen molar-refractivity contribution >= 4 is 10.0 Å². The highest BCUT2D eigenvalue weighted by atomic mass is 32.2. The van der Waals surface area contributed by atoms with Crippen molar-refractivity contribution in [2.45, 2.75) is 30.3 Å². The van der Waals surface area contributed by atoms with Gasteiger partial charge in [0, 0.05) is 19.7 Å². The van der Waals surface area contributed by atoms with E-state index in [2.05, 4.69) is 10.0 Å². The molecule has 6 nitrogen and oxygen atoms in total. The maximum Gasteiger partial charge on any atom is 0.240 e. The Morgan fingerprint density at radius 1 is 1.27 bits per heavy atom. The van der Waals surface area contributed by atoms with E-state index < -0.39 is 10.0 Å². The molecule has 3 rings (SSSR count). The Kier molecular flexibility index (Phi) is 4.97. The topological polar surface area (TPSA) is 76.7 Å². The van der Waals surface area contributed by atoms with Gasteiger partial charge in [0.05, 0.1) is 17.6 Å². The van der Waals surface area contributed by atoms with Crippen LogP contribution in [-0.4, -0.2) is 47.4 Å². The molecule has 0 spiro atoms. The quantitative estimate of drug-likeness (QED) is 0.850. The molecule has 1 fully saturated rings. The van der Waals surface area contributed by atoms with Crippen LogP contribution in [0.4, 0.5) is 0 Å². The normalized spacial score (nSPS) is 22.5. The second-order valence-corrected chi connectivity index (χ2v) is 7.39. The Hall–Kier alpha value is -1.15. The van der Waals surface area contributed by atoms with Gasteiger partial charge in [0.25, 0.3) is 0 Å². The summed E-state index contributed by atoms with van der Waals surface area (Å²) in [6, 6.07) is 5.05. The van der Waals surface area contributed by atoms with E-state index in [1.54, 1.807) is 18.2 Å². The molecule has 2 N–H and O–H groups in total. The summed E-state index contributed by atoms with van der Waals surface area (Å²) in [5.41, 5.74) is 0.960. The van der Waals surface area contributed by atoms with Crippen molar-refractivity contribution in [1.82, 2.24) is 10.0 Å². The molecule has 1 saturated heterocycles. The third-order valence-corrected chi connectivity index (χ3v) is 5.34. The van der Waals surface area contributed by atoms with E-state index in [1.807, 2.05) is 0 Å². The molecule has 0 radical (unpaired) electrons. The molecule has 0 aromatic heterocycles. The first-order valence-electron chi connectivity index (χ1n) is 7.73. The lowest BCUT2D eigenvalue weighted by atomic mass is 10.1. The SMILES string of the molecule is O=S(=O)(NCC1CNCCCO1)c1ccc2c(c1)CCCO2. The van der Waals surface area contributed by atoms with Crippen LogP contribution in [0.15, 0.2) is 23.1 Å². The Morgan fingerprint density at radius 3 is 3.09 bits per heavy atom. The van der Waals surface area contributed by atoms with E-state index in [0.29, 0.717) is 24.7 Å². The summed E-state index contributed by atoms with van der Waals surface area (Å²) in [7, 11) is -3.52. The van der Waals surface area contributed by atoms with Gasteiger partial charge in [0.2, 0.25) is 10.0 Å². The summed E-state index contributed by atoms with van der Waals surface area (Å²) in [4.78, 5) is 0.290. The lowest BCUT2D eigenvalue weighted by molar-refractivity contribution is 0.0707. The molecule has 2 aliphatic rings. The van der Waals surface area contributed by atoms with Gasteiger partial charge in [0.1, 0.15) is 5.75 Å².